The summed E-state index contributed by atoms with van der Waals surface area (Å²) >= 11 is 0. The molecule has 0 unspecified atom stereocenters. The average molecular weight is 351 g/mol. The van der Waals surface area contributed by atoms with Gasteiger partial charge >= 0.3 is 5.97 Å². The number of nitrogens with zero attached hydrogens (tertiary/aromatic N) is 3. The van der Waals surface area contributed by atoms with Gasteiger partial charge in [-0.05, 0) is 42.8 Å². The van der Waals surface area contributed by atoms with E-state index in [1.807, 2.05) is 6.07 Å². The molecule has 0 aliphatic rings. The molecule has 0 N–H and O–H groups in total. The van der Waals surface area contributed by atoms with Gasteiger partial charge in [0.25, 0.3) is 0 Å². The van der Waals surface area contributed by atoms with Gasteiger partial charge in [0, 0.05) is 23.7 Å². The zero-order chi connectivity index (χ0) is 18.8. The summed E-state index contributed by atoms with van der Waals surface area (Å²) in [5.41, 5.74) is 1.26. The quantitative estimate of drug-likeness (QED) is 0.160. The molecule has 2 rings (SSSR count). The molecule has 2 aromatic carbocycles. The van der Waals surface area contributed by atoms with E-state index in [0.29, 0.717) is 34.0 Å². The number of hydrogen-bond acceptors (Lipinski definition) is 5. The number of azo groups is 1. The summed E-state index contributed by atoms with van der Waals surface area (Å²) in [5, 5.41) is 24.8. The van der Waals surface area contributed by atoms with E-state index in [1.54, 1.807) is 48.5 Å². The molecule has 2 aromatic rings. The van der Waals surface area contributed by atoms with Crippen LogP contribution in [0.25, 0.3) is 0 Å². The van der Waals surface area contributed by atoms with Gasteiger partial charge in [0.05, 0.1) is 11.6 Å². The Morgan fingerprint density at radius 1 is 1.12 bits per heavy atom. The van der Waals surface area contributed by atoms with Gasteiger partial charge in [-0.15, -0.1) is 0 Å². The van der Waals surface area contributed by atoms with E-state index in [-0.39, 0.29) is 5.97 Å². The Bertz CT molecular complexity index is 791. The minimum absolute atomic E-state index is 0.268. The minimum Gasteiger partial charge on any atom is -0.594 e. The highest BCUT2D eigenvalue weighted by atomic mass is 16.5. The number of ether oxygens (including phenoxy) is 1. The number of esters is 1. The smallest absolute Gasteiger partial charge is 0.311 e. The first-order valence-electron chi connectivity index (χ1n) is 8.62. The maximum absolute atomic E-state index is 12.1. The number of benzene rings is 2. The van der Waals surface area contributed by atoms with E-state index in [0.717, 1.165) is 25.7 Å². The first kappa shape index (κ1) is 19.1. The molecule has 0 atom stereocenters. The van der Waals surface area contributed by atoms with Crippen LogP contribution >= 0.6 is 0 Å². The van der Waals surface area contributed by atoms with Crippen molar-refractivity contribution in [3.63, 3.8) is 0 Å². The van der Waals surface area contributed by atoms with E-state index in [9.17, 15) is 10.0 Å². The summed E-state index contributed by atoms with van der Waals surface area (Å²) in [4.78, 5) is 12.2. The molecule has 0 saturated carbocycles. The molecule has 0 aliphatic carbocycles. The van der Waals surface area contributed by atoms with E-state index in [4.69, 9.17) is 10.00 Å². The topological polar surface area (TPSA) is 88.5 Å². The second-order valence-electron chi connectivity index (χ2n) is 5.81. The molecule has 26 heavy (non-hydrogen) atoms. The first-order chi connectivity index (χ1) is 12.6. The molecule has 0 bridgehead atoms. The summed E-state index contributed by atoms with van der Waals surface area (Å²) in [6.07, 6.45) is 4.47. The molecular weight excluding hydrogens is 330 g/mol. The van der Waals surface area contributed by atoms with Crippen LogP contribution in [0.5, 0.6) is 5.75 Å². The van der Waals surface area contributed by atoms with Gasteiger partial charge in [-0.25, -0.2) is 0 Å². The monoisotopic (exact) mass is 351 g/mol. The van der Waals surface area contributed by atoms with Crippen LogP contribution in [-0.4, -0.2) is 10.8 Å². The molecule has 134 valence electrons. The lowest BCUT2D eigenvalue weighted by atomic mass is 10.1. The van der Waals surface area contributed by atoms with Crippen LogP contribution in [0.3, 0.4) is 0 Å². The van der Waals surface area contributed by atoms with Crippen molar-refractivity contribution in [1.29, 1.82) is 5.26 Å². The Labute approximate surface area is 152 Å². The standard InChI is InChI=1S/C20H21N3O3/c1-2-3-4-5-6-20(24)26-19-13-11-18(12-14-19)23(25)22-17-9-7-16(15-21)8-10-17/h7-14H,2-6H2,1H3. The fourth-order valence-electron chi connectivity index (χ4n) is 2.29. The molecule has 0 radical (unpaired) electrons. The number of unbranched alkanes of at least 4 members (excludes halogenated alkanes) is 3. The Hall–Kier alpha value is -3.20. The van der Waals surface area contributed by atoms with Gasteiger partial charge in [-0.2, -0.15) is 5.26 Å². The van der Waals surface area contributed by atoms with Crippen molar-refractivity contribution in [2.75, 3.05) is 0 Å². The normalized spacial score (nSPS) is 11.0. The van der Waals surface area contributed by atoms with Gasteiger partial charge in [-0.1, -0.05) is 31.0 Å². The van der Waals surface area contributed by atoms with Crippen molar-refractivity contribution < 1.29 is 14.4 Å². The lowest BCUT2D eigenvalue weighted by molar-refractivity contribution is -0.435. The lowest BCUT2D eigenvalue weighted by Crippen LogP contribution is -2.07. The van der Waals surface area contributed by atoms with Crippen LogP contribution < -0.4 is 4.74 Å². The van der Waals surface area contributed by atoms with Crippen LogP contribution in [0.1, 0.15) is 44.6 Å². The number of hydrogen-bond donors (Lipinski definition) is 0. The van der Waals surface area contributed by atoms with Crippen LogP contribution in [0, 0.1) is 16.5 Å². The molecular formula is C20H21N3O3. The lowest BCUT2D eigenvalue weighted by Gasteiger charge is -2.05. The maximum Gasteiger partial charge on any atom is 0.311 e. The molecule has 0 spiro atoms. The summed E-state index contributed by atoms with van der Waals surface area (Å²) < 4.78 is 5.25. The van der Waals surface area contributed by atoms with Crippen molar-refractivity contribution in [3.8, 4) is 11.8 Å². The molecule has 0 saturated heterocycles. The van der Waals surface area contributed by atoms with Gasteiger partial charge in [0.2, 0.25) is 5.69 Å². The third-order valence-electron chi connectivity index (χ3n) is 3.73. The molecule has 0 aliphatic heterocycles. The van der Waals surface area contributed by atoms with Crippen molar-refractivity contribution in [2.24, 2.45) is 5.11 Å². The Balaban J connectivity index is 1.94. The van der Waals surface area contributed by atoms with Crippen LogP contribution in [-0.2, 0) is 4.79 Å². The molecule has 0 aromatic heterocycles. The second kappa shape index (κ2) is 9.94. The number of carbonyl (C=O) groups excluding carboxylic acids is 1. The highest BCUT2D eigenvalue weighted by molar-refractivity contribution is 5.72. The summed E-state index contributed by atoms with van der Waals surface area (Å²) in [7, 11) is 0. The Morgan fingerprint density at radius 2 is 1.81 bits per heavy atom. The second-order valence-corrected chi connectivity index (χ2v) is 5.81. The maximum atomic E-state index is 12.1. The molecule has 0 fully saturated rings. The fraction of sp³-hybridized carbons (Fsp3) is 0.300. The summed E-state index contributed by atoms with van der Waals surface area (Å²) in [6, 6.07) is 14.6. The molecule has 6 nitrogen and oxygen atoms in total. The number of carbonyl (C=O) groups is 1. The van der Waals surface area contributed by atoms with E-state index in [2.05, 4.69) is 12.0 Å². The predicted molar refractivity (Wildman–Crippen MR) is 97.4 cm³/mol. The third kappa shape index (κ3) is 6.02. The van der Waals surface area contributed by atoms with Crippen LogP contribution in [0.2, 0.25) is 0 Å². The molecule has 0 heterocycles. The fourth-order valence-corrected chi connectivity index (χ4v) is 2.29. The molecule has 0 amide bonds. The summed E-state index contributed by atoms with van der Waals surface area (Å²) in [5.74, 6) is 0.135. The largest absolute Gasteiger partial charge is 0.594 e. The zero-order valence-corrected chi connectivity index (χ0v) is 14.7. The predicted octanol–water partition coefficient (Wildman–Crippen LogP) is 5.36. The van der Waals surface area contributed by atoms with Gasteiger partial charge < -0.3 is 9.94 Å². The number of rotatable bonds is 8. The van der Waals surface area contributed by atoms with E-state index >= 15 is 0 Å². The molecule has 6 heteroatoms. The SMILES string of the molecule is CCCCCCC(=O)Oc1ccc([N+]([O-])=Nc2ccc(C#N)cc2)cc1. The Kier molecular flexibility index (Phi) is 7.31. The zero-order valence-electron chi connectivity index (χ0n) is 14.7. The highest BCUT2D eigenvalue weighted by Gasteiger charge is 2.08. The first-order valence-corrected chi connectivity index (χ1v) is 8.62. The van der Waals surface area contributed by atoms with Gasteiger partial charge in [0.1, 0.15) is 11.4 Å². The van der Waals surface area contributed by atoms with Gasteiger partial charge in [0.15, 0.2) is 0 Å². The highest BCUT2D eigenvalue weighted by Crippen LogP contribution is 2.21. The third-order valence-corrected chi connectivity index (χ3v) is 3.73. The van der Waals surface area contributed by atoms with Crippen molar-refractivity contribution in [3.05, 3.63) is 59.3 Å². The van der Waals surface area contributed by atoms with Crippen LogP contribution in [0.4, 0.5) is 11.4 Å². The van der Waals surface area contributed by atoms with Crippen molar-refractivity contribution in [2.45, 2.75) is 39.0 Å². The average Bonchev–Trinajstić information content (AvgIpc) is 2.66. The summed E-state index contributed by atoms with van der Waals surface area (Å²) in [6.45, 7) is 2.12. The van der Waals surface area contributed by atoms with E-state index in [1.165, 1.54) is 0 Å². The number of nitriles is 1. The van der Waals surface area contributed by atoms with Crippen molar-refractivity contribution in [1.82, 2.24) is 0 Å². The van der Waals surface area contributed by atoms with Crippen LogP contribution in [0.15, 0.2) is 53.6 Å². The minimum atomic E-state index is -0.268. The van der Waals surface area contributed by atoms with Gasteiger partial charge in [-0.3, -0.25) is 4.79 Å². The van der Waals surface area contributed by atoms with E-state index < -0.39 is 0 Å². The van der Waals surface area contributed by atoms with Crippen molar-refractivity contribution >= 4 is 17.3 Å². The Morgan fingerprint density at radius 3 is 2.42 bits per heavy atom.